The molecule has 4 nitrogen and oxygen atoms in total. The molecule has 2 atom stereocenters. The Morgan fingerprint density at radius 2 is 1.93 bits per heavy atom. The molecule has 28 heavy (non-hydrogen) atoms. The molecule has 0 spiro atoms. The quantitative estimate of drug-likeness (QED) is 0.589. The minimum Gasteiger partial charge on any atom is -0.493 e. The Morgan fingerprint density at radius 3 is 2.61 bits per heavy atom. The molecule has 0 amide bonds. The summed E-state index contributed by atoms with van der Waals surface area (Å²) >= 11 is 1.43. The zero-order chi connectivity index (χ0) is 20.5. The molecule has 0 aliphatic heterocycles. The number of ether oxygens (including phenoxy) is 1. The van der Waals surface area contributed by atoms with E-state index in [1.54, 1.807) is 13.0 Å². The van der Waals surface area contributed by atoms with Gasteiger partial charge in [-0.2, -0.15) is 13.2 Å². The van der Waals surface area contributed by atoms with Gasteiger partial charge in [-0.15, -0.1) is 11.3 Å². The van der Waals surface area contributed by atoms with Gasteiger partial charge in [0.05, 0.1) is 17.9 Å². The van der Waals surface area contributed by atoms with E-state index < -0.39 is 11.7 Å². The third-order valence-electron chi connectivity index (χ3n) is 4.29. The van der Waals surface area contributed by atoms with Crippen molar-refractivity contribution < 1.29 is 17.9 Å². The number of thiophene rings is 1. The number of hydrogen-bond acceptors (Lipinski definition) is 5. The topological polar surface area (TPSA) is 61.0 Å². The molecule has 8 heteroatoms. The molecule has 3 aromatic rings. The second-order valence-electron chi connectivity index (χ2n) is 7.10. The van der Waals surface area contributed by atoms with Crippen molar-refractivity contribution in [1.82, 2.24) is 9.97 Å². The van der Waals surface area contributed by atoms with Crippen LogP contribution in [0, 0.1) is 12.8 Å². The van der Waals surface area contributed by atoms with E-state index in [0.29, 0.717) is 23.5 Å². The maximum atomic E-state index is 13.7. The lowest BCUT2D eigenvalue weighted by atomic mass is 10.0. The van der Waals surface area contributed by atoms with E-state index in [0.717, 1.165) is 16.3 Å². The Hall–Kier alpha value is -2.19. The van der Waals surface area contributed by atoms with Gasteiger partial charge in [0.2, 0.25) is 0 Å². The summed E-state index contributed by atoms with van der Waals surface area (Å²) in [5.41, 5.74) is 5.82. The van der Waals surface area contributed by atoms with E-state index in [2.05, 4.69) is 9.97 Å². The number of nitrogens with two attached hydrogens (primary N) is 1. The van der Waals surface area contributed by atoms with Gasteiger partial charge in [0.1, 0.15) is 16.4 Å². The zero-order valence-corrected chi connectivity index (χ0v) is 16.7. The summed E-state index contributed by atoms with van der Waals surface area (Å²) in [6, 6.07) is 5.87. The predicted molar refractivity (Wildman–Crippen MR) is 106 cm³/mol. The molecule has 0 radical (unpaired) electrons. The van der Waals surface area contributed by atoms with E-state index in [-0.39, 0.29) is 24.3 Å². The van der Waals surface area contributed by atoms with Crippen LogP contribution in [-0.4, -0.2) is 22.6 Å². The van der Waals surface area contributed by atoms with Crippen molar-refractivity contribution in [3.63, 3.8) is 0 Å². The van der Waals surface area contributed by atoms with Crippen LogP contribution < -0.4 is 10.5 Å². The maximum Gasteiger partial charge on any atom is 0.419 e. The standard InChI is InChI=1S/C20H22F3N3OS/c1-11(8-12(2)24)10-27-17-5-4-14(9-16(17)20(21,22)23)18-15-6-7-28-19(15)26-13(3)25-18/h4-7,9,11-12H,8,10,24H2,1-3H3. The van der Waals surface area contributed by atoms with Gasteiger partial charge in [0.15, 0.2) is 0 Å². The number of halogens is 3. The highest BCUT2D eigenvalue weighted by Gasteiger charge is 2.35. The highest BCUT2D eigenvalue weighted by Crippen LogP contribution is 2.40. The molecule has 3 rings (SSSR count). The van der Waals surface area contributed by atoms with Gasteiger partial charge in [0, 0.05) is 17.0 Å². The second kappa shape index (κ2) is 8.05. The first kappa shape index (κ1) is 20.5. The van der Waals surface area contributed by atoms with Crippen LogP contribution in [0.5, 0.6) is 5.75 Å². The van der Waals surface area contributed by atoms with Gasteiger partial charge in [-0.25, -0.2) is 9.97 Å². The molecule has 150 valence electrons. The van der Waals surface area contributed by atoms with E-state index in [1.807, 2.05) is 25.3 Å². The second-order valence-corrected chi connectivity index (χ2v) is 7.99. The van der Waals surface area contributed by atoms with E-state index in [1.165, 1.54) is 17.4 Å². The fraction of sp³-hybridized carbons (Fsp3) is 0.400. The molecule has 2 unspecified atom stereocenters. The first-order chi connectivity index (χ1) is 13.1. The normalized spacial score (nSPS) is 14.2. The van der Waals surface area contributed by atoms with Crippen molar-refractivity contribution in [3.05, 3.63) is 41.0 Å². The first-order valence-corrected chi connectivity index (χ1v) is 9.85. The van der Waals surface area contributed by atoms with Crippen LogP contribution in [-0.2, 0) is 6.18 Å². The molecule has 2 heterocycles. The third kappa shape index (κ3) is 4.62. The van der Waals surface area contributed by atoms with Gasteiger partial charge in [-0.1, -0.05) is 6.92 Å². The Balaban J connectivity index is 1.98. The van der Waals surface area contributed by atoms with Gasteiger partial charge < -0.3 is 10.5 Å². The minimum absolute atomic E-state index is 0.0305. The average Bonchev–Trinajstić information content (AvgIpc) is 3.06. The first-order valence-electron chi connectivity index (χ1n) is 8.97. The zero-order valence-electron chi connectivity index (χ0n) is 15.9. The van der Waals surface area contributed by atoms with Gasteiger partial charge in [0.25, 0.3) is 0 Å². The Labute approximate surface area is 165 Å². The fourth-order valence-electron chi connectivity index (χ4n) is 3.14. The van der Waals surface area contributed by atoms with Crippen molar-refractivity contribution in [2.24, 2.45) is 11.7 Å². The Kier molecular flexibility index (Phi) is 5.90. The van der Waals surface area contributed by atoms with Crippen molar-refractivity contribution in [2.75, 3.05) is 6.61 Å². The number of aromatic nitrogens is 2. The van der Waals surface area contributed by atoms with E-state index in [9.17, 15) is 13.2 Å². The molecule has 0 saturated heterocycles. The van der Waals surface area contributed by atoms with Gasteiger partial charge in [-0.05, 0) is 55.8 Å². The number of benzene rings is 1. The molecule has 0 aliphatic carbocycles. The molecular formula is C20H22F3N3OS. The maximum absolute atomic E-state index is 13.7. The number of nitrogens with zero attached hydrogens (tertiary/aromatic N) is 2. The number of fused-ring (bicyclic) bond motifs is 1. The molecule has 0 aliphatic rings. The van der Waals surface area contributed by atoms with Crippen molar-refractivity contribution in [1.29, 1.82) is 0 Å². The molecule has 0 bridgehead atoms. The predicted octanol–water partition coefficient (Wildman–Crippen LogP) is 5.44. The summed E-state index contributed by atoms with van der Waals surface area (Å²) in [5, 5.41) is 2.59. The summed E-state index contributed by atoms with van der Waals surface area (Å²) in [7, 11) is 0. The van der Waals surface area contributed by atoms with Gasteiger partial charge >= 0.3 is 6.18 Å². The fourth-order valence-corrected chi connectivity index (χ4v) is 3.95. The Morgan fingerprint density at radius 1 is 1.18 bits per heavy atom. The summed E-state index contributed by atoms with van der Waals surface area (Å²) in [6.45, 7) is 5.67. The monoisotopic (exact) mass is 409 g/mol. The summed E-state index contributed by atoms with van der Waals surface area (Å²) in [5.74, 6) is 0.388. The lowest BCUT2D eigenvalue weighted by molar-refractivity contribution is -0.139. The molecule has 0 saturated carbocycles. The lowest BCUT2D eigenvalue weighted by Gasteiger charge is -2.19. The SMILES string of the molecule is Cc1nc(-c2ccc(OCC(C)CC(C)N)c(C(F)(F)F)c2)c2ccsc2n1. The molecular weight excluding hydrogens is 387 g/mol. The molecule has 1 aromatic carbocycles. The number of rotatable bonds is 6. The highest BCUT2D eigenvalue weighted by atomic mass is 32.1. The van der Waals surface area contributed by atoms with Crippen LogP contribution in [0.2, 0.25) is 0 Å². The average molecular weight is 409 g/mol. The number of aryl methyl sites for hydroxylation is 1. The van der Waals surface area contributed by atoms with Crippen LogP contribution in [0.4, 0.5) is 13.2 Å². The smallest absolute Gasteiger partial charge is 0.419 e. The Bertz CT molecular complexity index is 969. The van der Waals surface area contributed by atoms with Crippen LogP contribution >= 0.6 is 11.3 Å². The van der Waals surface area contributed by atoms with Crippen molar-refractivity contribution in [2.45, 2.75) is 39.4 Å². The largest absolute Gasteiger partial charge is 0.493 e. The van der Waals surface area contributed by atoms with Crippen molar-refractivity contribution >= 4 is 21.6 Å². The van der Waals surface area contributed by atoms with E-state index in [4.69, 9.17) is 10.5 Å². The summed E-state index contributed by atoms with van der Waals surface area (Å²) < 4.78 is 46.6. The third-order valence-corrected chi connectivity index (χ3v) is 5.10. The van der Waals surface area contributed by atoms with E-state index >= 15 is 0 Å². The van der Waals surface area contributed by atoms with Crippen molar-refractivity contribution in [3.8, 4) is 17.0 Å². The highest BCUT2D eigenvalue weighted by molar-refractivity contribution is 7.16. The van der Waals surface area contributed by atoms with Crippen LogP contribution in [0.3, 0.4) is 0 Å². The van der Waals surface area contributed by atoms with Crippen LogP contribution in [0.15, 0.2) is 29.6 Å². The summed E-state index contributed by atoms with van der Waals surface area (Å²) in [4.78, 5) is 9.46. The lowest BCUT2D eigenvalue weighted by Crippen LogP contribution is -2.22. The van der Waals surface area contributed by atoms with Gasteiger partial charge in [-0.3, -0.25) is 0 Å². The van der Waals surface area contributed by atoms with Crippen LogP contribution in [0.1, 0.15) is 31.7 Å². The molecule has 0 fully saturated rings. The summed E-state index contributed by atoms with van der Waals surface area (Å²) in [6.07, 6.45) is -3.86. The molecule has 2 N–H and O–H groups in total. The van der Waals surface area contributed by atoms with Crippen LogP contribution in [0.25, 0.3) is 21.5 Å². The minimum atomic E-state index is -4.54. The number of hydrogen-bond donors (Lipinski definition) is 1. The molecule has 2 aromatic heterocycles. The number of alkyl halides is 3.